The number of rotatable bonds is 6. The predicted octanol–water partition coefficient (Wildman–Crippen LogP) is 2.57. The van der Waals surface area contributed by atoms with Gasteiger partial charge in [0.25, 0.3) is 0 Å². The molecular weight excluding hydrogens is 246 g/mol. The van der Waals surface area contributed by atoms with Crippen molar-refractivity contribution in [1.29, 1.82) is 0 Å². The molecule has 2 fully saturated rings. The Balaban J connectivity index is 1.59. The molecule has 1 saturated carbocycles. The quantitative estimate of drug-likeness (QED) is 0.807. The van der Waals surface area contributed by atoms with E-state index in [1.807, 2.05) is 0 Å². The maximum atomic E-state index is 3.81. The van der Waals surface area contributed by atoms with Crippen molar-refractivity contribution in [2.45, 2.75) is 65.0 Å². The molecule has 20 heavy (non-hydrogen) atoms. The van der Waals surface area contributed by atoms with Crippen LogP contribution in [0, 0.1) is 5.92 Å². The number of nitrogens with one attached hydrogen (secondary N) is 1. The molecule has 3 nitrogen and oxygen atoms in total. The van der Waals surface area contributed by atoms with Gasteiger partial charge in [-0.3, -0.25) is 9.80 Å². The van der Waals surface area contributed by atoms with Crippen LogP contribution < -0.4 is 5.32 Å². The van der Waals surface area contributed by atoms with Gasteiger partial charge in [0.15, 0.2) is 0 Å². The van der Waals surface area contributed by atoms with Crippen molar-refractivity contribution in [3.8, 4) is 0 Å². The smallest absolute Gasteiger partial charge is 0.0113 e. The lowest BCUT2D eigenvalue weighted by Crippen LogP contribution is -2.51. The molecule has 1 aliphatic heterocycles. The van der Waals surface area contributed by atoms with E-state index in [2.05, 4.69) is 35.9 Å². The van der Waals surface area contributed by atoms with E-state index in [1.165, 1.54) is 71.4 Å². The Morgan fingerprint density at radius 2 is 1.80 bits per heavy atom. The van der Waals surface area contributed by atoms with E-state index in [4.69, 9.17) is 0 Å². The van der Waals surface area contributed by atoms with Crippen LogP contribution in [0.4, 0.5) is 0 Å². The minimum Gasteiger partial charge on any atom is -0.312 e. The first-order chi connectivity index (χ1) is 9.70. The van der Waals surface area contributed by atoms with Crippen LogP contribution in [-0.4, -0.2) is 61.2 Å². The Kier molecular flexibility index (Phi) is 6.79. The van der Waals surface area contributed by atoms with Crippen molar-refractivity contribution >= 4 is 0 Å². The van der Waals surface area contributed by atoms with E-state index in [0.717, 1.165) is 18.0 Å². The summed E-state index contributed by atoms with van der Waals surface area (Å²) in [4.78, 5) is 5.28. The fourth-order valence-corrected chi connectivity index (χ4v) is 3.71. The van der Waals surface area contributed by atoms with Crippen molar-refractivity contribution in [1.82, 2.24) is 15.1 Å². The van der Waals surface area contributed by atoms with Crippen LogP contribution in [0.15, 0.2) is 0 Å². The molecule has 0 amide bonds. The zero-order valence-corrected chi connectivity index (χ0v) is 13.9. The van der Waals surface area contributed by atoms with Gasteiger partial charge in [-0.25, -0.2) is 0 Å². The molecule has 1 N–H and O–H groups in total. The van der Waals surface area contributed by atoms with Crippen molar-refractivity contribution < 1.29 is 0 Å². The molecule has 0 bridgehead atoms. The summed E-state index contributed by atoms with van der Waals surface area (Å²) in [6, 6.07) is 1.54. The summed E-state index contributed by atoms with van der Waals surface area (Å²) >= 11 is 0. The third kappa shape index (κ3) is 4.71. The second kappa shape index (κ2) is 8.35. The molecule has 2 aliphatic rings. The van der Waals surface area contributed by atoms with Gasteiger partial charge in [-0.15, -0.1) is 0 Å². The first-order valence-corrected chi connectivity index (χ1v) is 8.90. The van der Waals surface area contributed by atoms with Gasteiger partial charge in [-0.05, 0) is 32.1 Å². The summed E-state index contributed by atoms with van der Waals surface area (Å²) in [6.45, 7) is 14.5. The number of hydrogen-bond acceptors (Lipinski definition) is 3. The van der Waals surface area contributed by atoms with E-state index in [9.17, 15) is 0 Å². The molecule has 1 heterocycles. The molecule has 0 aromatic heterocycles. The van der Waals surface area contributed by atoms with Crippen LogP contribution >= 0.6 is 0 Å². The van der Waals surface area contributed by atoms with Gasteiger partial charge in [-0.1, -0.05) is 26.7 Å². The summed E-state index contributed by atoms with van der Waals surface area (Å²) in [5, 5.41) is 3.81. The lowest BCUT2D eigenvalue weighted by Gasteiger charge is -2.38. The number of hydrogen-bond donors (Lipinski definition) is 1. The van der Waals surface area contributed by atoms with E-state index in [1.54, 1.807) is 0 Å². The Hall–Kier alpha value is -0.120. The summed E-state index contributed by atoms with van der Waals surface area (Å²) in [6.07, 6.45) is 6.96. The second-order valence-electron chi connectivity index (χ2n) is 6.96. The maximum absolute atomic E-state index is 3.81. The van der Waals surface area contributed by atoms with E-state index >= 15 is 0 Å². The highest BCUT2D eigenvalue weighted by atomic mass is 15.3. The Labute approximate surface area is 126 Å². The standard InChI is InChI=1S/C17H35N3/c1-4-16(3)20-13-11-19(12-14-20)10-9-18-17-8-6-5-7-15(17)2/h15-18H,4-14H2,1-3H3. The SMILES string of the molecule is CCC(C)N1CCN(CCNC2CCCCC2C)CC1. The van der Waals surface area contributed by atoms with Crippen LogP contribution in [0.2, 0.25) is 0 Å². The fourth-order valence-electron chi connectivity index (χ4n) is 3.71. The van der Waals surface area contributed by atoms with Crippen molar-refractivity contribution in [2.24, 2.45) is 5.92 Å². The third-order valence-electron chi connectivity index (χ3n) is 5.57. The first kappa shape index (κ1) is 16.3. The van der Waals surface area contributed by atoms with Gasteiger partial charge in [0, 0.05) is 51.4 Å². The summed E-state index contributed by atoms with van der Waals surface area (Å²) in [5.74, 6) is 0.881. The maximum Gasteiger partial charge on any atom is 0.0113 e. The molecule has 2 rings (SSSR count). The van der Waals surface area contributed by atoms with Gasteiger partial charge in [0.2, 0.25) is 0 Å². The van der Waals surface area contributed by atoms with Crippen molar-refractivity contribution in [3.63, 3.8) is 0 Å². The monoisotopic (exact) mass is 281 g/mol. The summed E-state index contributed by atoms with van der Waals surface area (Å²) in [5.41, 5.74) is 0. The summed E-state index contributed by atoms with van der Waals surface area (Å²) < 4.78 is 0. The normalized spacial score (nSPS) is 31.4. The molecular formula is C17H35N3. The molecule has 3 atom stereocenters. The van der Waals surface area contributed by atoms with E-state index in [0.29, 0.717) is 0 Å². The third-order valence-corrected chi connectivity index (χ3v) is 5.57. The highest BCUT2D eigenvalue weighted by molar-refractivity contribution is 4.80. The molecule has 1 saturated heterocycles. The van der Waals surface area contributed by atoms with Crippen molar-refractivity contribution in [3.05, 3.63) is 0 Å². The molecule has 0 spiro atoms. The van der Waals surface area contributed by atoms with Gasteiger partial charge < -0.3 is 5.32 Å². The van der Waals surface area contributed by atoms with Crippen LogP contribution in [0.5, 0.6) is 0 Å². The minimum absolute atomic E-state index is 0.762. The molecule has 3 heteroatoms. The lowest BCUT2D eigenvalue weighted by atomic mass is 9.86. The molecule has 118 valence electrons. The molecule has 3 unspecified atom stereocenters. The predicted molar refractivity (Wildman–Crippen MR) is 87.2 cm³/mol. The molecule has 0 aromatic carbocycles. The van der Waals surface area contributed by atoms with E-state index in [-0.39, 0.29) is 0 Å². The number of nitrogens with zero attached hydrogens (tertiary/aromatic N) is 2. The average Bonchev–Trinajstić information content (AvgIpc) is 2.49. The van der Waals surface area contributed by atoms with Crippen LogP contribution in [0.3, 0.4) is 0 Å². The Morgan fingerprint density at radius 3 is 2.45 bits per heavy atom. The van der Waals surface area contributed by atoms with Gasteiger partial charge in [-0.2, -0.15) is 0 Å². The highest BCUT2D eigenvalue weighted by Crippen LogP contribution is 2.23. The highest BCUT2D eigenvalue weighted by Gasteiger charge is 2.22. The second-order valence-corrected chi connectivity index (χ2v) is 6.96. The molecule has 0 aromatic rings. The van der Waals surface area contributed by atoms with Gasteiger partial charge in [0.05, 0.1) is 0 Å². The zero-order chi connectivity index (χ0) is 14.4. The van der Waals surface area contributed by atoms with Crippen LogP contribution in [-0.2, 0) is 0 Å². The summed E-state index contributed by atoms with van der Waals surface area (Å²) in [7, 11) is 0. The van der Waals surface area contributed by atoms with Gasteiger partial charge >= 0.3 is 0 Å². The fraction of sp³-hybridized carbons (Fsp3) is 1.00. The lowest BCUT2D eigenvalue weighted by molar-refractivity contribution is 0.0996. The largest absolute Gasteiger partial charge is 0.312 e. The number of piperazine rings is 1. The zero-order valence-electron chi connectivity index (χ0n) is 13.9. The Bertz CT molecular complexity index is 261. The van der Waals surface area contributed by atoms with Gasteiger partial charge in [0.1, 0.15) is 0 Å². The molecule has 0 radical (unpaired) electrons. The first-order valence-electron chi connectivity index (χ1n) is 8.90. The van der Waals surface area contributed by atoms with Crippen LogP contribution in [0.1, 0.15) is 52.9 Å². The average molecular weight is 281 g/mol. The Morgan fingerprint density at radius 1 is 1.10 bits per heavy atom. The van der Waals surface area contributed by atoms with Crippen LogP contribution in [0.25, 0.3) is 0 Å². The van der Waals surface area contributed by atoms with Crippen molar-refractivity contribution in [2.75, 3.05) is 39.3 Å². The molecule has 1 aliphatic carbocycles. The minimum atomic E-state index is 0.762. The van der Waals surface area contributed by atoms with E-state index < -0.39 is 0 Å². The topological polar surface area (TPSA) is 18.5 Å².